The third-order valence-corrected chi connectivity index (χ3v) is 5.36. The highest BCUT2D eigenvalue weighted by Crippen LogP contribution is 2.34. The van der Waals surface area contributed by atoms with Crippen LogP contribution in [0, 0.1) is 0 Å². The molecule has 3 nitrogen and oxygen atoms in total. The fraction of sp³-hybridized carbons (Fsp3) is 0.778. The minimum atomic E-state index is 0.514. The van der Waals surface area contributed by atoms with Gasteiger partial charge in [0.05, 0.1) is 17.3 Å². The molecular formula is C18H28N2O. The highest BCUT2D eigenvalue weighted by Gasteiger charge is 2.23. The van der Waals surface area contributed by atoms with Crippen LogP contribution in [0.4, 0.5) is 0 Å². The van der Waals surface area contributed by atoms with Crippen LogP contribution in [0.1, 0.15) is 105 Å². The summed E-state index contributed by atoms with van der Waals surface area (Å²) in [4.78, 5) is 11.5. The van der Waals surface area contributed by atoms with Gasteiger partial charge in [-0.1, -0.05) is 51.4 Å². The van der Waals surface area contributed by atoms with Gasteiger partial charge in [-0.05, 0) is 25.7 Å². The van der Waals surface area contributed by atoms with E-state index in [1.807, 2.05) is 6.20 Å². The molecule has 0 aromatic carbocycles. The fourth-order valence-corrected chi connectivity index (χ4v) is 4.09. The van der Waals surface area contributed by atoms with Crippen molar-refractivity contribution in [1.29, 1.82) is 0 Å². The molecule has 3 heteroatoms. The molecule has 0 N–H and O–H groups in total. The topological polar surface area (TPSA) is 34.9 Å². The molecule has 1 aromatic rings. The van der Waals surface area contributed by atoms with E-state index in [4.69, 9.17) is 5.10 Å². The zero-order valence-corrected chi connectivity index (χ0v) is 13.1. The molecule has 21 heavy (non-hydrogen) atoms. The molecule has 2 saturated carbocycles. The summed E-state index contributed by atoms with van der Waals surface area (Å²) < 4.78 is 2.13. The van der Waals surface area contributed by atoms with Gasteiger partial charge in [-0.25, -0.2) is 0 Å². The normalized spacial score (nSPS) is 22.7. The number of carbonyl (C=O) groups excluding carboxylic acids is 1. The van der Waals surface area contributed by atoms with E-state index in [9.17, 15) is 4.79 Å². The van der Waals surface area contributed by atoms with E-state index in [0.29, 0.717) is 12.0 Å². The van der Waals surface area contributed by atoms with Gasteiger partial charge in [-0.3, -0.25) is 9.48 Å². The fourth-order valence-electron chi connectivity index (χ4n) is 4.09. The van der Waals surface area contributed by atoms with E-state index in [1.54, 1.807) is 0 Å². The molecule has 2 aliphatic carbocycles. The zero-order chi connectivity index (χ0) is 14.5. The summed E-state index contributed by atoms with van der Waals surface area (Å²) in [5, 5.41) is 4.90. The van der Waals surface area contributed by atoms with Crippen molar-refractivity contribution >= 4 is 6.29 Å². The molecule has 0 amide bonds. The second-order valence-electron chi connectivity index (χ2n) is 6.90. The van der Waals surface area contributed by atoms with Crippen LogP contribution in [0.3, 0.4) is 0 Å². The van der Waals surface area contributed by atoms with Crippen LogP contribution in [0.5, 0.6) is 0 Å². The number of rotatable bonds is 3. The Labute approximate surface area is 128 Å². The first kappa shape index (κ1) is 14.8. The Morgan fingerprint density at radius 3 is 2.05 bits per heavy atom. The Morgan fingerprint density at radius 1 is 0.905 bits per heavy atom. The molecule has 0 bridgehead atoms. The van der Waals surface area contributed by atoms with Gasteiger partial charge >= 0.3 is 0 Å². The van der Waals surface area contributed by atoms with Crippen LogP contribution < -0.4 is 0 Å². The lowest BCUT2D eigenvalue weighted by atomic mass is 9.94. The molecule has 1 heterocycles. The maximum atomic E-state index is 11.5. The summed E-state index contributed by atoms with van der Waals surface area (Å²) in [7, 11) is 0. The van der Waals surface area contributed by atoms with Gasteiger partial charge in [0.25, 0.3) is 0 Å². The predicted molar refractivity (Wildman–Crippen MR) is 84.8 cm³/mol. The van der Waals surface area contributed by atoms with Crippen molar-refractivity contribution in [2.24, 2.45) is 0 Å². The van der Waals surface area contributed by atoms with E-state index in [-0.39, 0.29) is 0 Å². The van der Waals surface area contributed by atoms with E-state index in [2.05, 4.69) is 4.68 Å². The molecular weight excluding hydrogens is 260 g/mol. The molecule has 2 fully saturated rings. The number of aldehydes is 1. The first-order chi connectivity index (χ1) is 10.4. The third-order valence-electron chi connectivity index (χ3n) is 5.36. The van der Waals surface area contributed by atoms with Crippen LogP contribution in [-0.2, 0) is 0 Å². The Hall–Kier alpha value is -1.12. The Bertz CT molecular complexity index is 450. The largest absolute Gasteiger partial charge is 0.298 e. The maximum absolute atomic E-state index is 11.5. The third kappa shape index (κ3) is 3.56. The van der Waals surface area contributed by atoms with Crippen molar-refractivity contribution in [2.75, 3.05) is 0 Å². The minimum Gasteiger partial charge on any atom is -0.298 e. The summed E-state index contributed by atoms with van der Waals surface area (Å²) in [5.74, 6) is 0.514. The second kappa shape index (κ2) is 7.24. The summed E-state index contributed by atoms with van der Waals surface area (Å²) in [6.07, 6.45) is 18.5. The molecule has 2 aliphatic rings. The van der Waals surface area contributed by atoms with Gasteiger partial charge in [0.15, 0.2) is 6.29 Å². The molecule has 0 spiro atoms. The van der Waals surface area contributed by atoms with Gasteiger partial charge in [0, 0.05) is 12.1 Å². The number of hydrogen-bond donors (Lipinski definition) is 0. The minimum absolute atomic E-state index is 0.514. The van der Waals surface area contributed by atoms with Crippen LogP contribution in [0.2, 0.25) is 0 Å². The molecule has 116 valence electrons. The summed E-state index contributed by atoms with van der Waals surface area (Å²) in [5.41, 5.74) is 1.95. The molecule has 0 saturated heterocycles. The van der Waals surface area contributed by atoms with Gasteiger partial charge in [-0.15, -0.1) is 0 Å². The highest BCUT2D eigenvalue weighted by atomic mass is 16.1. The average molecular weight is 288 g/mol. The van der Waals surface area contributed by atoms with Crippen molar-refractivity contribution in [2.45, 2.75) is 89.0 Å². The highest BCUT2D eigenvalue weighted by molar-refractivity contribution is 5.76. The lowest BCUT2D eigenvalue weighted by Crippen LogP contribution is -2.10. The first-order valence-corrected chi connectivity index (χ1v) is 8.92. The van der Waals surface area contributed by atoms with E-state index >= 15 is 0 Å². The molecule has 0 atom stereocenters. The number of carbonyl (C=O) groups is 1. The quantitative estimate of drug-likeness (QED) is 0.577. The first-order valence-electron chi connectivity index (χ1n) is 8.92. The van der Waals surface area contributed by atoms with E-state index in [0.717, 1.165) is 17.5 Å². The lowest BCUT2D eigenvalue weighted by Gasteiger charge is -2.15. The van der Waals surface area contributed by atoms with Crippen LogP contribution in [0.15, 0.2) is 6.20 Å². The summed E-state index contributed by atoms with van der Waals surface area (Å²) >= 11 is 0. The molecule has 3 rings (SSSR count). The van der Waals surface area contributed by atoms with Gasteiger partial charge in [-0.2, -0.15) is 5.10 Å². The summed E-state index contributed by atoms with van der Waals surface area (Å²) in [6, 6.07) is 0.519. The Kier molecular flexibility index (Phi) is 5.10. The van der Waals surface area contributed by atoms with Gasteiger partial charge in [0.1, 0.15) is 0 Å². The summed E-state index contributed by atoms with van der Waals surface area (Å²) in [6.45, 7) is 0. The number of nitrogens with zero attached hydrogens (tertiary/aromatic N) is 2. The average Bonchev–Trinajstić information content (AvgIpc) is 2.73. The van der Waals surface area contributed by atoms with Crippen LogP contribution >= 0.6 is 0 Å². The smallest absolute Gasteiger partial charge is 0.153 e. The molecule has 1 aromatic heterocycles. The molecule has 0 radical (unpaired) electrons. The standard InChI is InChI=1S/C18H28N2O/c21-14-16-13-20(17-11-7-3-4-8-12-17)19-18(16)15-9-5-1-2-6-10-15/h13-15,17H,1-12H2. The monoisotopic (exact) mass is 288 g/mol. The number of aromatic nitrogens is 2. The lowest BCUT2D eigenvalue weighted by molar-refractivity contribution is 0.112. The van der Waals surface area contributed by atoms with Crippen molar-refractivity contribution < 1.29 is 4.79 Å². The Morgan fingerprint density at radius 2 is 1.48 bits per heavy atom. The van der Waals surface area contributed by atoms with Crippen molar-refractivity contribution in [3.63, 3.8) is 0 Å². The van der Waals surface area contributed by atoms with Gasteiger partial charge in [0.2, 0.25) is 0 Å². The van der Waals surface area contributed by atoms with Crippen molar-refractivity contribution in [3.05, 3.63) is 17.5 Å². The van der Waals surface area contributed by atoms with Crippen LogP contribution in [-0.4, -0.2) is 16.1 Å². The predicted octanol–water partition coefficient (Wildman–Crippen LogP) is 5.03. The SMILES string of the molecule is O=Cc1cn(C2CCCCCC2)nc1C1CCCCCC1. The van der Waals surface area contributed by atoms with Gasteiger partial charge < -0.3 is 0 Å². The van der Waals surface area contributed by atoms with Crippen LogP contribution in [0.25, 0.3) is 0 Å². The van der Waals surface area contributed by atoms with E-state index < -0.39 is 0 Å². The molecule has 0 unspecified atom stereocenters. The molecule has 0 aliphatic heterocycles. The zero-order valence-electron chi connectivity index (χ0n) is 13.1. The Balaban J connectivity index is 1.81. The van der Waals surface area contributed by atoms with Crippen molar-refractivity contribution in [3.8, 4) is 0 Å². The number of hydrogen-bond acceptors (Lipinski definition) is 2. The second-order valence-corrected chi connectivity index (χ2v) is 6.90. The van der Waals surface area contributed by atoms with E-state index in [1.165, 1.54) is 77.0 Å². The van der Waals surface area contributed by atoms with Crippen molar-refractivity contribution in [1.82, 2.24) is 9.78 Å². The maximum Gasteiger partial charge on any atom is 0.153 e.